The fraction of sp³-hybridized carbons (Fsp3) is 1.00. The summed E-state index contributed by atoms with van der Waals surface area (Å²) in [5, 5.41) is 0. The number of likely N-dealkylation sites (tertiary alicyclic amines) is 1. The molecule has 0 amide bonds. The first-order valence-electron chi connectivity index (χ1n) is 6.51. The van der Waals surface area contributed by atoms with Crippen molar-refractivity contribution in [1.29, 1.82) is 0 Å². The summed E-state index contributed by atoms with van der Waals surface area (Å²) < 4.78 is 0. The highest BCUT2D eigenvalue weighted by Crippen LogP contribution is 2.33. The van der Waals surface area contributed by atoms with Crippen LogP contribution in [0.15, 0.2) is 0 Å². The Hall–Kier alpha value is -0.0800. The quantitative estimate of drug-likeness (QED) is 0.758. The van der Waals surface area contributed by atoms with Crippen molar-refractivity contribution in [1.82, 2.24) is 4.90 Å². The first kappa shape index (κ1) is 11.4. The van der Waals surface area contributed by atoms with E-state index < -0.39 is 0 Å². The summed E-state index contributed by atoms with van der Waals surface area (Å²) in [6, 6.07) is 0. The number of rotatable bonds is 2. The molecule has 0 unspecified atom stereocenters. The summed E-state index contributed by atoms with van der Waals surface area (Å²) in [7, 11) is 0. The van der Waals surface area contributed by atoms with Gasteiger partial charge in [-0.25, -0.2) is 0 Å². The van der Waals surface area contributed by atoms with E-state index in [0.29, 0.717) is 5.41 Å². The smallest absolute Gasteiger partial charge is 0.0283 e. The van der Waals surface area contributed by atoms with Gasteiger partial charge in [-0.1, -0.05) is 13.8 Å². The van der Waals surface area contributed by atoms with Crippen molar-refractivity contribution < 1.29 is 0 Å². The van der Waals surface area contributed by atoms with E-state index in [1.807, 2.05) is 0 Å². The highest BCUT2D eigenvalue weighted by atomic mass is 15.1. The van der Waals surface area contributed by atoms with Crippen LogP contribution in [0.3, 0.4) is 0 Å². The second-order valence-electron chi connectivity index (χ2n) is 6.51. The average molecular weight is 210 g/mol. The lowest BCUT2D eigenvalue weighted by Gasteiger charge is -2.42. The van der Waals surface area contributed by atoms with Gasteiger partial charge in [0.25, 0.3) is 0 Å². The molecular formula is C13H26N2. The predicted octanol–water partition coefficient (Wildman–Crippen LogP) is 2.38. The first-order chi connectivity index (χ1) is 6.99. The third kappa shape index (κ3) is 2.94. The van der Waals surface area contributed by atoms with Gasteiger partial charge in [0.05, 0.1) is 0 Å². The van der Waals surface area contributed by atoms with Gasteiger partial charge in [-0.2, -0.15) is 0 Å². The molecule has 2 aliphatic rings. The minimum Gasteiger partial charge on any atom is -0.324 e. The maximum atomic E-state index is 6.31. The van der Waals surface area contributed by atoms with E-state index in [0.717, 1.165) is 6.54 Å². The molecule has 0 aromatic heterocycles. The molecule has 0 bridgehead atoms. The Labute approximate surface area is 94.2 Å². The van der Waals surface area contributed by atoms with Crippen LogP contribution < -0.4 is 5.73 Å². The van der Waals surface area contributed by atoms with Crippen LogP contribution in [-0.2, 0) is 0 Å². The molecule has 1 aliphatic carbocycles. The average Bonchev–Trinajstić information content (AvgIpc) is 2.25. The predicted molar refractivity (Wildman–Crippen MR) is 64.8 cm³/mol. The van der Waals surface area contributed by atoms with Crippen LogP contribution in [0, 0.1) is 5.41 Å². The normalized spacial score (nSPS) is 30.6. The van der Waals surface area contributed by atoms with Gasteiger partial charge < -0.3 is 10.6 Å². The first-order valence-corrected chi connectivity index (χ1v) is 6.51. The molecule has 0 spiro atoms. The van der Waals surface area contributed by atoms with Gasteiger partial charge in [0.15, 0.2) is 0 Å². The van der Waals surface area contributed by atoms with Crippen LogP contribution in [-0.4, -0.2) is 30.1 Å². The summed E-state index contributed by atoms with van der Waals surface area (Å²) in [6.07, 6.45) is 7.89. The van der Waals surface area contributed by atoms with Crippen LogP contribution in [0.1, 0.15) is 52.4 Å². The number of nitrogens with two attached hydrogens (primary N) is 1. The van der Waals surface area contributed by atoms with Crippen molar-refractivity contribution in [3.8, 4) is 0 Å². The molecule has 1 aliphatic heterocycles. The molecule has 2 rings (SSSR count). The molecule has 2 N–H and O–H groups in total. The Morgan fingerprint density at radius 1 is 1.00 bits per heavy atom. The minimum atomic E-state index is 0.175. The van der Waals surface area contributed by atoms with Crippen molar-refractivity contribution in [2.24, 2.45) is 11.1 Å². The highest BCUT2D eigenvalue weighted by Gasteiger charge is 2.35. The van der Waals surface area contributed by atoms with Gasteiger partial charge in [-0.15, -0.1) is 0 Å². The Balaban J connectivity index is 1.83. The summed E-state index contributed by atoms with van der Waals surface area (Å²) >= 11 is 0. The lowest BCUT2D eigenvalue weighted by Crippen LogP contribution is -2.55. The lowest BCUT2D eigenvalue weighted by molar-refractivity contribution is 0.144. The van der Waals surface area contributed by atoms with Crippen molar-refractivity contribution >= 4 is 0 Å². The molecule has 15 heavy (non-hydrogen) atoms. The molecule has 1 saturated carbocycles. The summed E-state index contributed by atoms with van der Waals surface area (Å²) in [5.41, 5.74) is 7.04. The second kappa shape index (κ2) is 4.06. The third-order valence-corrected chi connectivity index (χ3v) is 4.32. The Bertz CT molecular complexity index is 219. The van der Waals surface area contributed by atoms with E-state index in [1.54, 1.807) is 0 Å². The van der Waals surface area contributed by atoms with E-state index in [2.05, 4.69) is 18.7 Å². The molecular weight excluding hydrogens is 184 g/mol. The molecule has 1 saturated heterocycles. The molecule has 88 valence electrons. The zero-order valence-electron chi connectivity index (χ0n) is 10.4. The van der Waals surface area contributed by atoms with Crippen molar-refractivity contribution in [2.75, 3.05) is 19.6 Å². The molecule has 1 heterocycles. The third-order valence-electron chi connectivity index (χ3n) is 4.32. The Morgan fingerprint density at radius 3 is 2.33 bits per heavy atom. The highest BCUT2D eigenvalue weighted by molar-refractivity contribution is 4.95. The van der Waals surface area contributed by atoms with Crippen LogP contribution in [0.5, 0.6) is 0 Å². The van der Waals surface area contributed by atoms with Crippen LogP contribution in [0.4, 0.5) is 0 Å². The zero-order chi connectivity index (χ0) is 10.9. The molecule has 2 heteroatoms. The molecule has 0 aromatic rings. The van der Waals surface area contributed by atoms with Gasteiger partial charge in [-0.05, 0) is 57.0 Å². The van der Waals surface area contributed by atoms with E-state index in [9.17, 15) is 0 Å². The van der Waals surface area contributed by atoms with Gasteiger partial charge in [0.2, 0.25) is 0 Å². The minimum absolute atomic E-state index is 0.175. The van der Waals surface area contributed by atoms with Gasteiger partial charge in [-0.3, -0.25) is 0 Å². The summed E-state index contributed by atoms with van der Waals surface area (Å²) in [6.45, 7) is 8.47. The molecule has 2 nitrogen and oxygen atoms in total. The largest absolute Gasteiger partial charge is 0.324 e. The second-order valence-corrected chi connectivity index (χ2v) is 6.51. The SMILES string of the molecule is CC1(C)CCCN(CC2(N)CCC2)CC1. The number of hydrogen-bond donors (Lipinski definition) is 1. The van der Waals surface area contributed by atoms with Crippen molar-refractivity contribution in [3.63, 3.8) is 0 Å². The van der Waals surface area contributed by atoms with Gasteiger partial charge in [0.1, 0.15) is 0 Å². The maximum Gasteiger partial charge on any atom is 0.0283 e. The monoisotopic (exact) mass is 210 g/mol. The number of hydrogen-bond acceptors (Lipinski definition) is 2. The molecule has 0 aromatic carbocycles. The van der Waals surface area contributed by atoms with Crippen LogP contribution >= 0.6 is 0 Å². The van der Waals surface area contributed by atoms with Crippen molar-refractivity contribution in [2.45, 2.75) is 57.9 Å². The zero-order valence-corrected chi connectivity index (χ0v) is 10.4. The molecule has 0 atom stereocenters. The lowest BCUT2D eigenvalue weighted by atomic mass is 9.77. The Morgan fingerprint density at radius 2 is 1.73 bits per heavy atom. The van der Waals surface area contributed by atoms with E-state index >= 15 is 0 Å². The van der Waals surface area contributed by atoms with E-state index in [4.69, 9.17) is 5.73 Å². The molecule has 0 radical (unpaired) electrons. The summed E-state index contributed by atoms with van der Waals surface area (Å²) in [4.78, 5) is 2.61. The van der Waals surface area contributed by atoms with Crippen molar-refractivity contribution in [3.05, 3.63) is 0 Å². The van der Waals surface area contributed by atoms with Gasteiger partial charge >= 0.3 is 0 Å². The van der Waals surface area contributed by atoms with E-state index in [1.165, 1.54) is 51.6 Å². The standard InChI is InChI=1S/C13H26N2/c1-12(2)5-4-9-15(10-8-12)11-13(14)6-3-7-13/h3-11,14H2,1-2H3. The number of nitrogens with zero attached hydrogens (tertiary/aromatic N) is 1. The Kier molecular flexibility index (Phi) is 3.09. The fourth-order valence-corrected chi connectivity index (χ4v) is 2.87. The topological polar surface area (TPSA) is 29.3 Å². The van der Waals surface area contributed by atoms with E-state index in [-0.39, 0.29) is 5.54 Å². The summed E-state index contributed by atoms with van der Waals surface area (Å²) in [5.74, 6) is 0. The van der Waals surface area contributed by atoms with Crippen LogP contribution in [0.2, 0.25) is 0 Å². The van der Waals surface area contributed by atoms with Crippen LogP contribution in [0.25, 0.3) is 0 Å². The maximum absolute atomic E-state index is 6.31. The van der Waals surface area contributed by atoms with Gasteiger partial charge in [0, 0.05) is 12.1 Å². The molecule has 2 fully saturated rings. The fourth-order valence-electron chi connectivity index (χ4n) is 2.87.